The quantitative estimate of drug-likeness (QED) is 0.664. The average Bonchev–Trinajstić information content (AvgIpc) is 2.42. The summed E-state index contributed by atoms with van der Waals surface area (Å²) in [7, 11) is 0. The van der Waals surface area contributed by atoms with Crippen LogP contribution in [0.5, 0.6) is 0 Å². The predicted octanol–water partition coefficient (Wildman–Crippen LogP) is 1.55. The Morgan fingerprint density at radius 3 is 2.37 bits per heavy atom. The summed E-state index contributed by atoms with van der Waals surface area (Å²) in [6.45, 7) is 7.85. The van der Waals surface area contributed by atoms with Crippen molar-refractivity contribution in [3.05, 3.63) is 11.9 Å². The molecule has 1 aromatic rings. The molecule has 0 spiro atoms. The van der Waals surface area contributed by atoms with E-state index >= 15 is 0 Å². The van der Waals surface area contributed by atoms with Crippen LogP contribution < -0.4 is 16.0 Å². The Kier molecular flexibility index (Phi) is 6.63. The molecular weight excluding hydrogens is 242 g/mol. The van der Waals surface area contributed by atoms with E-state index in [0.717, 1.165) is 30.8 Å². The number of hydrogen-bond donors (Lipinski definition) is 3. The Labute approximate surface area is 114 Å². The minimum absolute atomic E-state index is 0.0251. The van der Waals surface area contributed by atoms with Crippen molar-refractivity contribution in [3.8, 4) is 0 Å². The average molecular weight is 265 g/mol. The van der Waals surface area contributed by atoms with Gasteiger partial charge in [-0.25, -0.2) is 9.97 Å². The van der Waals surface area contributed by atoms with Gasteiger partial charge < -0.3 is 16.0 Å². The molecule has 1 heterocycles. The molecule has 0 aromatic carbocycles. The molecule has 6 heteroatoms. The minimum Gasteiger partial charge on any atom is -0.370 e. The molecule has 0 aliphatic rings. The molecule has 3 N–H and O–H groups in total. The van der Waals surface area contributed by atoms with E-state index in [4.69, 9.17) is 0 Å². The first-order valence-corrected chi connectivity index (χ1v) is 6.75. The zero-order valence-corrected chi connectivity index (χ0v) is 11.9. The van der Waals surface area contributed by atoms with E-state index in [1.807, 2.05) is 13.8 Å². The smallest absolute Gasteiger partial charge is 0.239 e. The largest absolute Gasteiger partial charge is 0.370 e. The van der Waals surface area contributed by atoms with Gasteiger partial charge >= 0.3 is 0 Å². The molecule has 6 nitrogen and oxygen atoms in total. The lowest BCUT2D eigenvalue weighted by Crippen LogP contribution is -2.30. The lowest BCUT2D eigenvalue weighted by molar-refractivity contribution is -0.119. The normalized spacial score (nSPS) is 10.1. The SMILES string of the molecule is CCCNC(=O)CNc1ncnc(NCCC)c1C. The molecule has 0 saturated heterocycles. The van der Waals surface area contributed by atoms with Crippen LogP contribution in [0.15, 0.2) is 6.33 Å². The standard InChI is InChI=1S/C13H23N5O/c1-4-6-14-11(19)8-16-13-10(3)12(15-7-5-2)17-9-18-13/h9H,4-8H2,1-3H3,(H,14,19)(H2,15,16,17,18). The highest BCUT2D eigenvalue weighted by Gasteiger charge is 2.07. The number of rotatable bonds is 8. The van der Waals surface area contributed by atoms with Crippen LogP contribution in [0.2, 0.25) is 0 Å². The van der Waals surface area contributed by atoms with E-state index < -0.39 is 0 Å². The van der Waals surface area contributed by atoms with Gasteiger partial charge in [-0.15, -0.1) is 0 Å². The lowest BCUT2D eigenvalue weighted by atomic mass is 10.3. The van der Waals surface area contributed by atoms with Gasteiger partial charge in [-0.2, -0.15) is 0 Å². The van der Waals surface area contributed by atoms with E-state index in [9.17, 15) is 4.79 Å². The summed E-state index contributed by atoms with van der Waals surface area (Å²) in [5.41, 5.74) is 0.930. The molecule has 0 saturated carbocycles. The van der Waals surface area contributed by atoms with E-state index in [1.165, 1.54) is 6.33 Å². The van der Waals surface area contributed by atoms with Crippen LogP contribution in [-0.2, 0) is 4.79 Å². The van der Waals surface area contributed by atoms with Crippen LogP contribution in [0, 0.1) is 6.92 Å². The van der Waals surface area contributed by atoms with Crippen LogP contribution in [-0.4, -0.2) is 35.5 Å². The van der Waals surface area contributed by atoms with Crippen LogP contribution >= 0.6 is 0 Å². The second-order valence-corrected chi connectivity index (χ2v) is 4.33. The van der Waals surface area contributed by atoms with Crippen LogP contribution in [0.4, 0.5) is 11.6 Å². The Morgan fingerprint density at radius 1 is 1.11 bits per heavy atom. The molecule has 0 atom stereocenters. The topological polar surface area (TPSA) is 78.9 Å². The molecule has 0 unspecified atom stereocenters. The molecule has 0 radical (unpaired) electrons. The highest BCUT2D eigenvalue weighted by atomic mass is 16.1. The first-order valence-electron chi connectivity index (χ1n) is 6.75. The summed E-state index contributed by atoms with van der Waals surface area (Å²) in [5, 5.41) is 9.08. The van der Waals surface area contributed by atoms with Gasteiger partial charge in [-0.05, 0) is 19.8 Å². The van der Waals surface area contributed by atoms with Gasteiger partial charge in [0.05, 0.1) is 6.54 Å². The van der Waals surface area contributed by atoms with Crippen molar-refractivity contribution in [2.75, 3.05) is 30.3 Å². The zero-order valence-electron chi connectivity index (χ0n) is 11.9. The molecule has 0 bridgehead atoms. The van der Waals surface area contributed by atoms with Crippen molar-refractivity contribution in [1.82, 2.24) is 15.3 Å². The maximum absolute atomic E-state index is 11.5. The Bertz CT molecular complexity index is 408. The number of hydrogen-bond acceptors (Lipinski definition) is 5. The fraction of sp³-hybridized carbons (Fsp3) is 0.615. The molecule has 0 aliphatic carbocycles. The lowest BCUT2D eigenvalue weighted by Gasteiger charge is -2.12. The van der Waals surface area contributed by atoms with E-state index in [1.54, 1.807) is 0 Å². The molecule has 1 aromatic heterocycles. The second-order valence-electron chi connectivity index (χ2n) is 4.33. The first kappa shape index (κ1) is 15.2. The van der Waals surface area contributed by atoms with Gasteiger partial charge in [0.1, 0.15) is 18.0 Å². The number of amides is 1. The van der Waals surface area contributed by atoms with Crippen molar-refractivity contribution in [2.45, 2.75) is 33.6 Å². The number of carbonyl (C=O) groups excluding carboxylic acids is 1. The zero-order chi connectivity index (χ0) is 14.1. The maximum atomic E-state index is 11.5. The highest BCUT2D eigenvalue weighted by molar-refractivity contribution is 5.80. The van der Waals surface area contributed by atoms with Gasteiger partial charge in [0.2, 0.25) is 5.91 Å². The van der Waals surface area contributed by atoms with Crippen LogP contribution in [0.1, 0.15) is 32.3 Å². The number of nitrogens with zero attached hydrogens (tertiary/aromatic N) is 2. The highest BCUT2D eigenvalue weighted by Crippen LogP contribution is 2.17. The van der Waals surface area contributed by atoms with Crippen LogP contribution in [0.25, 0.3) is 0 Å². The fourth-order valence-electron chi connectivity index (χ4n) is 1.54. The van der Waals surface area contributed by atoms with Gasteiger partial charge in [-0.3, -0.25) is 4.79 Å². The van der Waals surface area contributed by atoms with Gasteiger partial charge in [0.25, 0.3) is 0 Å². The van der Waals surface area contributed by atoms with Crippen molar-refractivity contribution in [3.63, 3.8) is 0 Å². The Hall–Kier alpha value is -1.85. The minimum atomic E-state index is -0.0251. The maximum Gasteiger partial charge on any atom is 0.239 e. The van der Waals surface area contributed by atoms with Crippen molar-refractivity contribution >= 4 is 17.5 Å². The summed E-state index contributed by atoms with van der Waals surface area (Å²) in [6.07, 6.45) is 3.46. The number of aromatic nitrogens is 2. The van der Waals surface area contributed by atoms with Gasteiger partial charge in [0, 0.05) is 18.7 Å². The van der Waals surface area contributed by atoms with E-state index in [0.29, 0.717) is 12.4 Å². The predicted molar refractivity (Wildman–Crippen MR) is 77.3 cm³/mol. The Balaban J connectivity index is 2.56. The molecule has 1 rings (SSSR count). The van der Waals surface area contributed by atoms with E-state index in [2.05, 4.69) is 32.8 Å². The summed E-state index contributed by atoms with van der Waals surface area (Å²) in [6, 6.07) is 0. The van der Waals surface area contributed by atoms with E-state index in [-0.39, 0.29) is 12.5 Å². The third-order valence-electron chi connectivity index (χ3n) is 2.62. The molecule has 19 heavy (non-hydrogen) atoms. The molecular formula is C13H23N5O. The van der Waals surface area contributed by atoms with Gasteiger partial charge in [0.15, 0.2) is 0 Å². The monoisotopic (exact) mass is 265 g/mol. The fourth-order valence-corrected chi connectivity index (χ4v) is 1.54. The summed E-state index contributed by atoms with van der Waals surface area (Å²) >= 11 is 0. The molecule has 106 valence electrons. The molecule has 0 fully saturated rings. The third kappa shape index (κ3) is 5.11. The van der Waals surface area contributed by atoms with Crippen molar-refractivity contribution < 1.29 is 4.79 Å². The second kappa shape index (κ2) is 8.29. The number of anilines is 2. The molecule has 0 aliphatic heterocycles. The number of carbonyl (C=O) groups is 1. The van der Waals surface area contributed by atoms with Crippen molar-refractivity contribution in [1.29, 1.82) is 0 Å². The van der Waals surface area contributed by atoms with Crippen molar-refractivity contribution in [2.24, 2.45) is 0 Å². The number of nitrogens with one attached hydrogen (secondary N) is 3. The Morgan fingerprint density at radius 2 is 1.74 bits per heavy atom. The third-order valence-corrected chi connectivity index (χ3v) is 2.62. The van der Waals surface area contributed by atoms with Gasteiger partial charge in [-0.1, -0.05) is 13.8 Å². The summed E-state index contributed by atoms with van der Waals surface area (Å²) < 4.78 is 0. The summed E-state index contributed by atoms with van der Waals surface area (Å²) in [4.78, 5) is 19.9. The summed E-state index contributed by atoms with van der Waals surface area (Å²) in [5.74, 6) is 1.48. The first-order chi connectivity index (χ1) is 9.19. The van der Waals surface area contributed by atoms with Crippen LogP contribution in [0.3, 0.4) is 0 Å². The molecule has 1 amide bonds.